The summed E-state index contributed by atoms with van der Waals surface area (Å²) in [4.78, 5) is 0. The molecule has 0 saturated heterocycles. The lowest BCUT2D eigenvalue weighted by Crippen LogP contribution is -1.94. The maximum atomic E-state index is 10.2. The van der Waals surface area contributed by atoms with Gasteiger partial charge >= 0.3 is 0 Å². The molecule has 0 spiro atoms. The third kappa shape index (κ3) is 5.54. The summed E-state index contributed by atoms with van der Waals surface area (Å²) < 4.78 is 11.5. The van der Waals surface area contributed by atoms with E-state index in [4.69, 9.17) is 4.74 Å². The van der Waals surface area contributed by atoms with Crippen LogP contribution in [-0.4, -0.2) is 10.2 Å². The van der Waals surface area contributed by atoms with Crippen LogP contribution in [-0.2, 0) is 0 Å². The Morgan fingerprint density at radius 3 is 1.15 bits per heavy atom. The quantitative estimate of drug-likeness (QED) is 0.215. The molecule has 0 aliphatic rings. The van der Waals surface area contributed by atoms with E-state index in [1.165, 1.54) is 0 Å². The van der Waals surface area contributed by atoms with Gasteiger partial charge in [0.2, 0.25) is 0 Å². The molecule has 4 rings (SSSR count). The minimum atomic E-state index is 0.0609. The van der Waals surface area contributed by atoms with Crippen molar-refractivity contribution in [1.29, 1.82) is 0 Å². The SMILES string of the molecule is Oc1ccc(-c2c(Br)cc(Br)cc2Br)c(Oc2cc(O)ccc2-c2c(Br)cc(Br)cc2Br)c1. The topological polar surface area (TPSA) is 49.7 Å². The van der Waals surface area contributed by atoms with E-state index in [-0.39, 0.29) is 11.5 Å². The number of hydrogen-bond acceptors (Lipinski definition) is 3. The van der Waals surface area contributed by atoms with Gasteiger partial charge in [0, 0.05) is 61.2 Å². The standard InChI is InChI=1S/C24H12Br6O3/c25-11-5-17(27)23(18(28)6-11)15-3-1-13(31)9-21(15)33-22-10-14(32)2-4-16(22)24-19(29)7-12(26)8-20(24)30/h1-10,31-32H. The first kappa shape index (κ1) is 25.3. The van der Waals surface area contributed by atoms with Crippen LogP contribution in [0.1, 0.15) is 0 Å². The highest BCUT2D eigenvalue weighted by atomic mass is 79.9. The second-order valence-electron chi connectivity index (χ2n) is 6.95. The summed E-state index contributed by atoms with van der Waals surface area (Å²) in [6, 6.07) is 17.6. The molecule has 0 bridgehead atoms. The molecule has 0 heterocycles. The van der Waals surface area contributed by atoms with Gasteiger partial charge in [0.05, 0.1) is 0 Å². The number of benzene rings is 4. The van der Waals surface area contributed by atoms with E-state index in [0.29, 0.717) is 11.5 Å². The first-order valence-electron chi connectivity index (χ1n) is 9.27. The van der Waals surface area contributed by atoms with E-state index in [2.05, 4.69) is 95.6 Å². The van der Waals surface area contributed by atoms with Gasteiger partial charge in [-0.25, -0.2) is 0 Å². The average molecular weight is 828 g/mol. The first-order valence-corrected chi connectivity index (χ1v) is 14.0. The number of phenols is 2. The molecule has 0 unspecified atom stereocenters. The van der Waals surface area contributed by atoms with Gasteiger partial charge in [-0.2, -0.15) is 0 Å². The van der Waals surface area contributed by atoms with Gasteiger partial charge in [0.15, 0.2) is 0 Å². The van der Waals surface area contributed by atoms with Crippen molar-refractivity contribution in [3.8, 4) is 45.3 Å². The Balaban J connectivity index is 1.91. The summed E-state index contributed by atoms with van der Waals surface area (Å²) >= 11 is 21.5. The Bertz CT molecular complexity index is 1240. The lowest BCUT2D eigenvalue weighted by atomic mass is 10.0. The molecule has 0 saturated carbocycles. The molecule has 0 fully saturated rings. The predicted octanol–water partition coefficient (Wildman–Crippen LogP) is 10.8. The summed E-state index contributed by atoms with van der Waals surface area (Å²) in [5, 5.41) is 20.4. The van der Waals surface area contributed by atoms with E-state index in [9.17, 15) is 10.2 Å². The van der Waals surface area contributed by atoms with Crippen molar-refractivity contribution >= 4 is 95.6 Å². The highest BCUT2D eigenvalue weighted by Gasteiger charge is 2.19. The Labute approximate surface area is 241 Å². The largest absolute Gasteiger partial charge is 0.508 e. The van der Waals surface area contributed by atoms with E-state index in [1.807, 2.05) is 24.3 Å². The lowest BCUT2D eigenvalue weighted by molar-refractivity contribution is 0.448. The van der Waals surface area contributed by atoms with E-state index in [0.717, 1.165) is 49.1 Å². The monoisotopic (exact) mass is 822 g/mol. The van der Waals surface area contributed by atoms with Crippen LogP contribution in [0.4, 0.5) is 0 Å². The Morgan fingerprint density at radius 2 is 0.818 bits per heavy atom. The zero-order valence-corrected chi connectivity index (χ0v) is 25.9. The number of hydrogen-bond donors (Lipinski definition) is 2. The maximum Gasteiger partial charge on any atom is 0.139 e. The molecule has 0 atom stereocenters. The fraction of sp³-hybridized carbons (Fsp3) is 0. The van der Waals surface area contributed by atoms with Crippen molar-refractivity contribution in [2.24, 2.45) is 0 Å². The smallest absolute Gasteiger partial charge is 0.139 e. The molecule has 0 aliphatic heterocycles. The zero-order chi connectivity index (χ0) is 23.9. The van der Waals surface area contributed by atoms with Crippen LogP contribution < -0.4 is 4.74 Å². The summed E-state index contributed by atoms with van der Waals surface area (Å²) in [7, 11) is 0. The molecule has 9 heteroatoms. The van der Waals surface area contributed by atoms with Crippen molar-refractivity contribution in [2.75, 3.05) is 0 Å². The third-order valence-electron chi connectivity index (χ3n) is 4.70. The highest BCUT2D eigenvalue weighted by molar-refractivity contribution is 9.12. The number of halogens is 6. The lowest BCUT2D eigenvalue weighted by Gasteiger charge is -2.18. The average Bonchev–Trinajstić information content (AvgIpc) is 2.69. The molecule has 2 N–H and O–H groups in total. The summed E-state index contributed by atoms with van der Waals surface area (Å²) in [6.07, 6.45) is 0. The fourth-order valence-corrected chi connectivity index (χ4v) is 8.69. The van der Waals surface area contributed by atoms with Gasteiger partial charge in [0.25, 0.3) is 0 Å². The van der Waals surface area contributed by atoms with Crippen molar-refractivity contribution < 1.29 is 14.9 Å². The number of aromatic hydroxyl groups is 2. The molecule has 4 aromatic rings. The highest BCUT2D eigenvalue weighted by Crippen LogP contribution is 2.48. The van der Waals surface area contributed by atoms with Gasteiger partial charge in [-0.3, -0.25) is 0 Å². The Hall–Kier alpha value is -0.840. The molecule has 0 amide bonds. The van der Waals surface area contributed by atoms with Gasteiger partial charge in [-0.05, 0) is 48.5 Å². The summed E-state index contributed by atoms with van der Waals surface area (Å²) in [5.41, 5.74) is 3.23. The molecule has 0 aliphatic carbocycles. The first-order chi connectivity index (χ1) is 15.6. The fourth-order valence-electron chi connectivity index (χ4n) is 3.32. The molecule has 168 valence electrons. The van der Waals surface area contributed by atoms with E-state index < -0.39 is 0 Å². The molecule has 3 nitrogen and oxygen atoms in total. The number of rotatable bonds is 4. The van der Waals surface area contributed by atoms with Crippen LogP contribution >= 0.6 is 95.6 Å². The van der Waals surface area contributed by atoms with Crippen molar-refractivity contribution in [2.45, 2.75) is 0 Å². The van der Waals surface area contributed by atoms with Crippen molar-refractivity contribution in [3.05, 3.63) is 87.5 Å². The molecule has 0 radical (unpaired) electrons. The Kier molecular flexibility index (Phi) is 7.97. The normalized spacial score (nSPS) is 11.0. The van der Waals surface area contributed by atoms with Crippen molar-refractivity contribution in [3.63, 3.8) is 0 Å². The number of phenolic OH excluding ortho intramolecular Hbond substituents is 2. The maximum absolute atomic E-state index is 10.2. The molecular formula is C24H12Br6O3. The molecular weight excluding hydrogens is 816 g/mol. The molecule has 0 aromatic heterocycles. The third-order valence-corrected chi connectivity index (χ3v) is 8.12. The van der Waals surface area contributed by atoms with E-state index >= 15 is 0 Å². The van der Waals surface area contributed by atoms with Crippen LogP contribution in [0.15, 0.2) is 87.5 Å². The van der Waals surface area contributed by atoms with Gasteiger partial charge < -0.3 is 14.9 Å². The molecule has 33 heavy (non-hydrogen) atoms. The second-order valence-corrected chi connectivity index (χ2v) is 12.2. The summed E-state index contributed by atoms with van der Waals surface area (Å²) in [6.45, 7) is 0. The van der Waals surface area contributed by atoms with Gasteiger partial charge in [-0.15, -0.1) is 0 Å². The van der Waals surface area contributed by atoms with Crippen LogP contribution in [0.5, 0.6) is 23.0 Å². The van der Waals surface area contributed by atoms with Crippen LogP contribution in [0.3, 0.4) is 0 Å². The van der Waals surface area contributed by atoms with Crippen LogP contribution in [0, 0.1) is 0 Å². The van der Waals surface area contributed by atoms with Gasteiger partial charge in [0.1, 0.15) is 23.0 Å². The van der Waals surface area contributed by atoms with Crippen molar-refractivity contribution in [1.82, 2.24) is 0 Å². The van der Waals surface area contributed by atoms with Crippen LogP contribution in [0.25, 0.3) is 22.3 Å². The van der Waals surface area contributed by atoms with Gasteiger partial charge in [-0.1, -0.05) is 95.6 Å². The minimum absolute atomic E-state index is 0.0609. The Morgan fingerprint density at radius 1 is 0.485 bits per heavy atom. The predicted molar refractivity (Wildman–Crippen MR) is 153 cm³/mol. The van der Waals surface area contributed by atoms with E-state index in [1.54, 1.807) is 36.4 Å². The number of ether oxygens (including phenoxy) is 1. The second kappa shape index (κ2) is 10.4. The molecule has 4 aromatic carbocycles. The minimum Gasteiger partial charge on any atom is -0.508 e. The summed E-state index contributed by atoms with van der Waals surface area (Å²) in [5.74, 6) is 0.974. The zero-order valence-electron chi connectivity index (χ0n) is 16.3. The van der Waals surface area contributed by atoms with Crippen LogP contribution in [0.2, 0.25) is 0 Å².